The van der Waals surface area contributed by atoms with Crippen LogP contribution in [0.5, 0.6) is 0 Å². The molecule has 1 saturated heterocycles. The van der Waals surface area contributed by atoms with E-state index in [2.05, 4.69) is 25.2 Å². The van der Waals surface area contributed by atoms with Crippen LogP contribution in [0.25, 0.3) is 22.0 Å². The monoisotopic (exact) mass is 524 g/mol. The smallest absolute Gasteiger partial charge is 0.243 e. The van der Waals surface area contributed by atoms with Crippen LogP contribution >= 0.6 is 0 Å². The van der Waals surface area contributed by atoms with Gasteiger partial charge < -0.3 is 5.32 Å². The Labute approximate surface area is 214 Å². The fourth-order valence-corrected chi connectivity index (χ4v) is 6.00. The second-order valence-electron chi connectivity index (χ2n) is 8.99. The third kappa shape index (κ3) is 5.29. The topological polar surface area (TPSA) is 91.3 Å². The van der Waals surface area contributed by atoms with Gasteiger partial charge in [0.15, 0.2) is 11.6 Å². The number of piperazine rings is 1. The van der Waals surface area contributed by atoms with Crippen LogP contribution in [0.2, 0.25) is 0 Å². The van der Waals surface area contributed by atoms with Gasteiger partial charge in [-0.1, -0.05) is 18.2 Å². The molecule has 2 aromatic heterocycles. The Morgan fingerprint density at radius 2 is 1.81 bits per heavy atom. The van der Waals surface area contributed by atoms with Crippen molar-refractivity contribution < 1.29 is 17.2 Å². The summed E-state index contributed by atoms with van der Waals surface area (Å²) in [5.74, 6) is -1.53. The molecule has 0 bridgehead atoms. The fourth-order valence-electron chi connectivity index (χ4n) is 4.56. The van der Waals surface area contributed by atoms with Gasteiger partial charge in [-0.25, -0.2) is 27.2 Å². The summed E-state index contributed by atoms with van der Waals surface area (Å²) in [7, 11) is -3.89. The third-order valence-electron chi connectivity index (χ3n) is 6.41. The maximum Gasteiger partial charge on any atom is 0.243 e. The number of fused-ring (bicyclic) bond motifs is 1. The van der Waals surface area contributed by atoms with Crippen molar-refractivity contribution in [2.24, 2.45) is 0 Å². The third-order valence-corrected chi connectivity index (χ3v) is 8.31. The van der Waals surface area contributed by atoms with Crippen LogP contribution in [0.3, 0.4) is 0 Å². The van der Waals surface area contributed by atoms with Gasteiger partial charge >= 0.3 is 0 Å². The van der Waals surface area contributed by atoms with E-state index in [9.17, 15) is 17.2 Å². The molecule has 37 heavy (non-hydrogen) atoms. The second kappa shape index (κ2) is 10.4. The lowest BCUT2D eigenvalue weighted by Crippen LogP contribution is -2.50. The lowest BCUT2D eigenvalue weighted by Gasteiger charge is -2.35. The molecular formula is C26H26F2N6O2S. The Hall–Kier alpha value is -3.54. The number of aromatic nitrogens is 3. The van der Waals surface area contributed by atoms with Crippen molar-refractivity contribution in [3.05, 3.63) is 78.9 Å². The molecule has 1 atom stereocenters. The van der Waals surface area contributed by atoms with Gasteiger partial charge in [-0.15, -0.1) is 0 Å². The molecule has 4 aromatic rings. The van der Waals surface area contributed by atoms with Crippen LogP contribution in [0.15, 0.2) is 72.1 Å². The number of hydrogen-bond acceptors (Lipinski definition) is 7. The maximum atomic E-state index is 13.6. The molecule has 3 heterocycles. The molecule has 0 spiro atoms. The average Bonchev–Trinajstić information content (AvgIpc) is 2.91. The number of para-hydroxylation sites is 1. The SMILES string of the molecule is CC(CN1CCN(S(=O)(=O)c2ccc(F)c(F)c2)CC1)Nc1ncnc2c(-c3cccnc3)cccc12. The van der Waals surface area contributed by atoms with Gasteiger partial charge in [-0.2, -0.15) is 4.31 Å². The largest absolute Gasteiger partial charge is 0.366 e. The first-order chi connectivity index (χ1) is 17.8. The van der Waals surface area contributed by atoms with Crippen molar-refractivity contribution in [1.82, 2.24) is 24.2 Å². The van der Waals surface area contributed by atoms with E-state index in [0.29, 0.717) is 19.6 Å². The van der Waals surface area contributed by atoms with Gasteiger partial charge in [-0.05, 0) is 37.3 Å². The molecule has 11 heteroatoms. The van der Waals surface area contributed by atoms with Crippen molar-refractivity contribution >= 4 is 26.7 Å². The van der Waals surface area contributed by atoms with Crippen molar-refractivity contribution in [2.45, 2.75) is 17.9 Å². The molecule has 2 aromatic carbocycles. The first-order valence-electron chi connectivity index (χ1n) is 11.9. The molecule has 1 aliphatic rings. The lowest BCUT2D eigenvalue weighted by atomic mass is 10.0. The minimum Gasteiger partial charge on any atom is -0.366 e. The van der Waals surface area contributed by atoms with Gasteiger partial charge in [0.2, 0.25) is 10.0 Å². The molecule has 0 aliphatic carbocycles. The number of pyridine rings is 1. The first kappa shape index (κ1) is 25.1. The number of anilines is 1. The van der Waals surface area contributed by atoms with E-state index in [-0.39, 0.29) is 24.0 Å². The zero-order valence-electron chi connectivity index (χ0n) is 20.2. The van der Waals surface area contributed by atoms with Crippen LogP contribution in [-0.4, -0.2) is 71.3 Å². The van der Waals surface area contributed by atoms with Crippen LogP contribution in [0.1, 0.15) is 6.92 Å². The number of rotatable bonds is 7. The summed E-state index contributed by atoms with van der Waals surface area (Å²) in [6, 6.07) is 12.5. The van der Waals surface area contributed by atoms with E-state index in [0.717, 1.165) is 46.0 Å². The molecule has 1 N–H and O–H groups in total. The maximum absolute atomic E-state index is 13.6. The van der Waals surface area contributed by atoms with E-state index < -0.39 is 21.7 Å². The van der Waals surface area contributed by atoms with Gasteiger partial charge in [0, 0.05) is 67.7 Å². The number of benzene rings is 2. The van der Waals surface area contributed by atoms with Crippen molar-refractivity contribution in [3.63, 3.8) is 0 Å². The number of hydrogen-bond donors (Lipinski definition) is 1. The van der Waals surface area contributed by atoms with Crippen molar-refractivity contribution in [2.75, 3.05) is 38.0 Å². The van der Waals surface area contributed by atoms with Gasteiger partial charge in [0.25, 0.3) is 0 Å². The van der Waals surface area contributed by atoms with E-state index in [1.54, 1.807) is 18.7 Å². The Kier molecular flexibility index (Phi) is 7.09. The summed E-state index contributed by atoms with van der Waals surface area (Å²) in [4.78, 5) is 15.1. The lowest BCUT2D eigenvalue weighted by molar-refractivity contribution is 0.184. The van der Waals surface area contributed by atoms with Gasteiger partial charge in [-0.3, -0.25) is 9.88 Å². The van der Waals surface area contributed by atoms with E-state index in [4.69, 9.17) is 0 Å². The van der Waals surface area contributed by atoms with E-state index in [1.807, 2.05) is 37.3 Å². The van der Waals surface area contributed by atoms with Crippen LogP contribution in [0, 0.1) is 11.6 Å². The molecule has 192 valence electrons. The molecule has 1 aliphatic heterocycles. The molecule has 0 saturated carbocycles. The van der Waals surface area contributed by atoms with E-state index >= 15 is 0 Å². The first-order valence-corrected chi connectivity index (χ1v) is 13.3. The second-order valence-corrected chi connectivity index (χ2v) is 10.9. The zero-order valence-corrected chi connectivity index (χ0v) is 21.0. The zero-order chi connectivity index (χ0) is 26.0. The Morgan fingerprint density at radius 1 is 1.00 bits per heavy atom. The molecule has 5 rings (SSSR count). The Morgan fingerprint density at radius 3 is 2.54 bits per heavy atom. The van der Waals surface area contributed by atoms with Crippen LogP contribution in [-0.2, 0) is 10.0 Å². The highest BCUT2D eigenvalue weighted by molar-refractivity contribution is 7.89. The van der Waals surface area contributed by atoms with Gasteiger partial charge in [0.1, 0.15) is 12.1 Å². The summed E-state index contributed by atoms with van der Waals surface area (Å²) in [6.45, 7) is 4.28. The number of sulfonamides is 1. The van der Waals surface area contributed by atoms with Crippen molar-refractivity contribution in [3.8, 4) is 11.1 Å². The minimum atomic E-state index is -3.89. The highest BCUT2D eigenvalue weighted by Crippen LogP contribution is 2.29. The van der Waals surface area contributed by atoms with Crippen molar-refractivity contribution in [1.29, 1.82) is 0 Å². The normalized spacial score (nSPS) is 16.1. The van der Waals surface area contributed by atoms with Crippen LogP contribution < -0.4 is 5.32 Å². The number of nitrogens with zero attached hydrogens (tertiary/aromatic N) is 5. The molecule has 0 radical (unpaired) electrons. The Balaban J connectivity index is 1.24. The highest BCUT2D eigenvalue weighted by Gasteiger charge is 2.29. The standard InChI is InChI=1S/C26H26F2N6O2S/c1-18(16-33-10-12-34(13-11-33)37(35,36)20-7-8-23(27)24(28)14-20)32-26-22-6-2-5-21(25(22)30-17-31-26)19-4-3-9-29-15-19/h2-9,14-15,17-18H,10-13,16H2,1H3,(H,30,31,32). The van der Waals surface area contributed by atoms with Gasteiger partial charge in [0.05, 0.1) is 10.4 Å². The number of nitrogens with one attached hydrogen (secondary N) is 1. The quantitative estimate of drug-likeness (QED) is 0.394. The predicted molar refractivity (Wildman–Crippen MR) is 137 cm³/mol. The summed E-state index contributed by atoms with van der Waals surface area (Å²) < 4.78 is 53.9. The molecule has 1 unspecified atom stereocenters. The summed E-state index contributed by atoms with van der Waals surface area (Å²) in [5, 5.41) is 4.37. The molecule has 1 fully saturated rings. The molecule has 8 nitrogen and oxygen atoms in total. The predicted octanol–water partition coefficient (Wildman–Crippen LogP) is 3.78. The summed E-state index contributed by atoms with van der Waals surface area (Å²) in [6.07, 6.45) is 5.08. The molecular weight excluding hydrogens is 498 g/mol. The summed E-state index contributed by atoms with van der Waals surface area (Å²) >= 11 is 0. The summed E-state index contributed by atoms with van der Waals surface area (Å²) in [5.41, 5.74) is 2.78. The minimum absolute atomic E-state index is 0.0227. The molecule has 0 amide bonds. The fraction of sp³-hybridized carbons (Fsp3) is 0.269. The Bertz CT molecular complexity index is 1510. The average molecular weight is 525 g/mol. The number of halogens is 2. The van der Waals surface area contributed by atoms with E-state index in [1.165, 1.54) is 4.31 Å². The highest BCUT2D eigenvalue weighted by atomic mass is 32.2. The van der Waals surface area contributed by atoms with Crippen LogP contribution in [0.4, 0.5) is 14.6 Å².